The number of hydrogen-bond donors (Lipinski definition) is 0. The maximum Gasteiger partial charge on any atom is 0.159 e. The first-order valence-corrected chi connectivity index (χ1v) is 13.5. The van der Waals surface area contributed by atoms with E-state index >= 15 is 0 Å². The molecule has 7 aromatic rings. The Bertz CT molecular complexity index is 1920. The molecule has 0 saturated carbocycles. The minimum Gasteiger partial charge on any atom is -0.310 e. The summed E-state index contributed by atoms with van der Waals surface area (Å²) in [6, 6.07) is 42.8. The Morgan fingerprint density at radius 2 is 1.15 bits per heavy atom. The van der Waals surface area contributed by atoms with Crippen LogP contribution in [0.1, 0.15) is 11.1 Å². The van der Waals surface area contributed by atoms with Gasteiger partial charge in [-0.05, 0) is 91.7 Å². The van der Waals surface area contributed by atoms with E-state index in [1.54, 1.807) is 12.4 Å². The van der Waals surface area contributed by atoms with Crippen LogP contribution in [0.4, 0.5) is 17.1 Å². The van der Waals surface area contributed by atoms with Crippen molar-refractivity contribution in [3.63, 3.8) is 0 Å². The highest BCUT2D eigenvalue weighted by molar-refractivity contribution is 6.10. The van der Waals surface area contributed by atoms with Gasteiger partial charge in [0, 0.05) is 51.5 Å². The van der Waals surface area contributed by atoms with Gasteiger partial charge in [0.25, 0.3) is 0 Å². The second kappa shape index (κ2) is 9.83. The summed E-state index contributed by atoms with van der Waals surface area (Å²) in [7, 11) is 0. The first-order valence-electron chi connectivity index (χ1n) is 13.5. The van der Waals surface area contributed by atoms with Crippen molar-refractivity contribution < 1.29 is 0 Å². The third-order valence-electron chi connectivity index (χ3n) is 7.75. The molecule has 2 heterocycles. The van der Waals surface area contributed by atoms with Crippen LogP contribution in [0.5, 0.6) is 0 Å². The van der Waals surface area contributed by atoms with Gasteiger partial charge in [0.1, 0.15) is 0 Å². The number of aromatic nitrogens is 3. The number of hydrogen-bond acceptors (Lipinski definition) is 3. The lowest BCUT2D eigenvalue weighted by Gasteiger charge is -2.25. The van der Waals surface area contributed by atoms with Gasteiger partial charge in [0.2, 0.25) is 0 Å². The van der Waals surface area contributed by atoms with Crippen LogP contribution in [0.2, 0.25) is 0 Å². The largest absolute Gasteiger partial charge is 0.310 e. The van der Waals surface area contributed by atoms with Gasteiger partial charge in [-0.2, -0.15) is 0 Å². The number of benzene rings is 5. The highest BCUT2D eigenvalue weighted by Crippen LogP contribution is 2.40. The fourth-order valence-electron chi connectivity index (χ4n) is 5.69. The van der Waals surface area contributed by atoms with Crippen LogP contribution in [-0.4, -0.2) is 14.5 Å². The zero-order chi connectivity index (χ0) is 27.1. The topological polar surface area (TPSA) is 34.0 Å². The van der Waals surface area contributed by atoms with Crippen LogP contribution in [0, 0.1) is 13.8 Å². The van der Waals surface area contributed by atoms with Gasteiger partial charge in [-0.1, -0.05) is 54.6 Å². The molecular weight excluding hydrogens is 488 g/mol. The highest BCUT2D eigenvalue weighted by atomic mass is 15.1. The third kappa shape index (κ3) is 3.93. The van der Waals surface area contributed by atoms with E-state index in [2.05, 4.69) is 149 Å². The lowest BCUT2D eigenvalue weighted by molar-refractivity contribution is 1.12. The molecule has 0 radical (unpaired) electrons. The Balaban J connectivity index is 1.45. The Labute approximate surface area is 233 Å². The van der Waals surface area contributed by atoms with Crippen molar-refractivity contribution in [1.82, 2.24) is 14.5 Å². The predicted molar refractivity (Wildman–Crippen MR) is 166 cm³/mol. The number of rotatable bonds is 5. The second-order valence-electron chi connectivity index (χ2n) is 10.0. The molecule has 0 aliphatic heterocycles. The van der Waals surface area contributed by atoms with Crippen molar-refractivity contribution in [2.24, 2.45) is 0 Å². The summed E-state index contributed by atoms with van der Waals surface area (Å²) in [6.45, 7) is 4.35. The van der Waals surface area contributed by atoms with Crippen LogP contribution >= 0.6 is 0 Å². The van der Waals surface area contributed by atoms with Crippen molar-refractivity contribution >= 4 is 38.9 Å². The monoisotopic (exact) mass is 516 g/mol. The Morgan fingerprint density at radius 1 is 0.525 bits per heavy atom. The second-order valence-corrected chi connectivity index (χ2v) is 10.0. The molecule has 192 valence electrons. The molecule has 4 heteroatoms. The van der Waals surface area contributed by atoms with E-state index < -0.39 is 0 Å². The van der Waals surface area contributed by atoms with Gasteiger partial charge in [-0.25, -0.2) is 9.97 Å². The number of nitrogens with zero attached hydrogens (tertiary/aromatic N) is 4. The molecule has 0 amide bonds. The maximum atomic E-state index is 4.50. The van der Waals surface area contributed by atoms with Gasteiger partial charge in [-0.3, -0.25) is 0 Å². The van der Waals surface area contributed by atoms with E-state index in [0.29, 0.717) is 0 Å². The van der Waals surface area contributed by atoms with Crippen LogP contribution < -0.4 is 4.90 Å². The normalized spacial score (nSPS) is 11.2. The summed E-state index contributed by atoms with van der Waals surface area (Å²) in [5, 5.41) is 2.45. The number of para-hydroxylation sites is 3. The maximum absolute atomic E-state index is 4.50. The first-order chi connectivity index (χ1) is 19.7. The summed E-state index contributed by atoms with van der Waals surface area (Å²) in [6.07, 6.45) is 3.59. The van der Waals surface area contributed by atoms with E-state index in [-0.39, 0.29) is 0 Å². The lowest BCUT2D eigenvalue weighted by atomic mass is 10.0. The first kappa shape index (κ1) is 23.9. The van der Waals surface area contributed by atoms with Gasteiger partial charge in [0.15, 0.2) is 5.82 Å². The molecule has 0 spiro atoms. The Hall–Kier alpha value is -5.22. The minimum absolute atomic E-state index is 0.753. The standard InChI is InChI=1S/C36H28N4/c1-25-26(2)33(21-19-30(25)36-37-22-11-23-38-36)40-34-17-10-9-16-31(34)32-24-29(18-20-35(32)40)39(27-12-5-3-6-13-27)28-14-7-4-8-15-28/h3-24H,1-2H3. The molecule has 0 aliphatic carbocycles. The summed E-state index contributed by atoms with van der Waals surface area (Å²) in [4.78, 5) is 11.3. The molecular formula is C36H28N4. The average molecular weight is 517 g/mol. The molecule has 4 nitrogen and oxygen atoms in total. The molecule has 5 aromatic carbocycles. The van der Waals surface area contributed by atoms with E-state index in [4.69, 9.17) is 0 Å². The lowest BCUT2D eigenvalue weighted by Crippen LogP contribution is -2.09. The quantitative estimate of drug-likeness (QED) is 0.229. The zero-order valence-electron chi connectivity index (χ0n) is 22.5. The molecule has 40 heavy (non-hydrogen) atoms. The van der Waals surface area contributed by atoms with Crippen LogP contribution in [0.3, 0.4) is 0 Å². The van der Waals surface area contributed by atoms with Gasteiger partial charge < -0.3 is 9.47 Å². The molecule has 0 N–H and O–H groups in total. The number of anilines is 3. The molecule has 0 saturated heterocycles. The fraction of sp³-hybridized carbons (Fsp3) is 0.0556. The molecule has 0 unspecified atom stereocenters. The van der Waals surface area contributed by atoms with Crippen LogP contribution in [-0.2, 0) is 0 Å². The Morgan fingerprint density at radius 3 is 1.85 bits per heavy atom. The van der Waals surface area contributed by atoms with Crippen molar-refractivity contribution in [1.29, 1.82) is 0 Å². The molecule has 0 fully saturated rings. The van der Waals surface area contributed by atoms with Crippen molar-refractivity contribution in [2.45, 2.75) is 13.8 Å². The third-order valence-corrected chi connectivity index (χ3v) is 7.75. The molecule has 0 bridgehead atoms. The molecule has 2 aromatic heterocycles. The fourth-order valence-corrected chi connectivity index (χ4v) is 5.69. The van der Waals surface area contributed by atoms with Crippen LogP contribution in [0.15, 0.2) is 134 Å². The zero-order valence-corrected chi connectivity index (χ0v) is 22.5. The minimum atomic E-state index is 0.753. The molecule has 0 aliphatic rings. The molecule has 0 atom stereocenters. The average Bonchev–Trinajstić information content (AvgIpc) is 3.34. The van der Waals surface area contributed by atoms with Crippen molar-refractivity contribution in [3.8, 4) is 17.1 Å². The summed E-state index contributed by atoms with van der Waals surface area (Å²) < 4.78 is 2.39. The van der Waals surface area contributed by atoms with Gasteiger partial charge in [0.05, 0.1) is 11.0 Å². The van der Waals surface area contributed by atoms with E-state index in [9.17, 15) is 0 Å². The Kier molecular flexibility index (Phi) is 5.86. The highest BCUT2D eigenvalue weighted by Gasteiger charge is 2.19. The van der Waals surface area contributed by atoms with E-state index in [1.165, 1.54) is 38.6 Å². The van der Waals surface area contributed by atoms with E-state index in [0.717, 1.165) is 28.5 Å². The molecule has 7 rings (SSSR count). The van der Waals surface area contributed by atoms with Crippen LogP contribution in [0.25, 0.3) is 38.9 Å². The van der Waals surface area contributed by atoms with Crippen molar-refractivity contribution in [2.75, 3.05) is 4.90 Å². The summed E-state index contributed by atoms with van der Waals surface area (Å²) >= 11 is 0. The van der Waals surface area contributed by atoms with Gasteiger partial charge in [-0.15, -0.1) is 0 Å². The van der Waals surface area contributed by atoms with E-state index in [1.807, 2.05) is 6.07 Å². The summed E-state index contributed by atoms with van der Waals surface area (Å²) in [5.41, 5.74) is 10.4. The smallest absolute Gasteiger partial charge is 0.159 e. The van der Waals surface area contributed by atoms with Crippen molar-refractivity contribution in [3.05, 3.63) is 145 Å². The van der Waals surface area contributed by atoms with Gasteiger partial charge >= 0.3 is 0 Å². The predicted octanol–water partition coefficient (Wildman–Crippen LogP) is 9.33. The summed E-state index contributed by atoms with van der Waals surface area (Å²) in [5.74, 6) is 0.753. The number of fused-ring (bicyclic) bond motifs is 3. The SMILES string of the molecule is Cc1c(-c2ncccn2)ccc(-n2c3ccccc3c3cc(N(c4ccccc4)c4ccccc4)ccc32)c1C.